The average molecular weight is 326 g/mol. The molecule has 3 aromatic rings. The van der Waals surface area contributed by atoms with Crippen LogP contribution in [0.5, 0.6) is 0 Å². The fourth-order valence-corrected chi connectivity index (χ4v) is 2.29. The summed E-state index contributed by atoms with van der Waals surface area (Å²) in [6.45, 7) is 3.66. The number of amides is 2. The Hall–Kier alpha value is -3.09. The first-order chi connectivity index (χ1) is 11.6. The predicted octanol–water partition coefficient (Wildman–Crippen LogP) is 3.39. The van der Waals surface area contributed by atoms with Crippen molar-refractivity contribution in [1.82, 2.24) is 15.5 Å². The second-order valence-electron chi connectivity index (χ2n) is 5.50. The van der Waals surface area contributed by atoms with Gasteiger partial charge in [-0.05, 0) is 43.3 Å². The second kappa shape index (κ2) is 6.99. The van der Waals surface area contributed by atoms with Gasteiger partial charge >= 0.3 is 6.03 Å². The standard InChI is InChI=1S/C17H18N4O3/c1-11(10-15-4-3-9-23-15)18-17(22)20-14-7-5-13(6-8-14)16-19-12(2)24-21-16/h3-9,11H,10H2,1-2H3,(H2,18,20,22). The fourth-order valence-electron chi connectivity index (χ4n) is 2.29. The Bertz CT molecular complexity index is 794. The van der Waals surface area contributed by atoms with E-state index in [0.717, 1.165) is 11.3 Å². The van der Waals surface area contributed by atoms with Crippen LogP contribution in [0.3, 0.4) is 0 Å². The van der Waals surface area contributed by atoms with Crippen molar-refractivity contribution in [3.8, 4) is 11.4 Å². The molecule has 2 amide bonds. The van der Waals surface area contributed by atoms with Crippen LogP contribution in [0.15, 0.2) is 51.6 Å². The van der Waals surface area contributed by atoms with Gasteiger partial charge in [0.25, 0.3) is 0 Å². The molecule has 0 fully saturated rings. The van der Waals surface area contributed by atoms with E-state index in [9.17, 15) is 4.79 Å². The zero-order chi connectivity index (χ0) is 16.9. The van der Waals surface area contributed by atoms with Gasteiger partial charge in [-0.2, -0.15) is 4.98 Å². The summed E-state index contributed by atoms with van der Waals surface area (Å²) in [5.41, 5.74) is 1.51. The Kier molecular flexibility index (Phi) is 4.60. The molecule has 2 aromatic heterocycles. The lowest BCUT2D eigenvalue weighted by Gasteiger charge is -2.13. The van der Waals surface area contributed by atoms with Crippen LogP contribution >= 0.6 is 0 Å². The molecule has 0 aliphatic rings. The van der Waals surface area contributed by atoms with Crippen LogP contribution in [0, 0.1) is 6.92 Å². The molecule has 0 aliphatic heterocycles. The minimum Gasteiger partial charge on any atom is -0.469 e. The van der Waals surface area contributed by atoms with Crippen LogP contribution in [0.4, 0.5) is 10.5 Å². The maximum atomic E-state index is 12.0. The number of benzene rings is 1. The molecule has 124 valence electrons. The SMILES string of the molecule is Cc1nc(-c2ccc(NC(=O)NC(C)Cc3ccco3)cc2)no1. The van der Waals surface area contributed by atoms with Gasteiger partial charge in [0.2, 0.25) is 11.7 Å². The summed E-state index contributed by atoms with van der Waals surface area (Å²) < 4.78 is 10.2. The number of nitrogens with zero attached hydrogens (tertiary/aromatic N) is 2. The first kappa shape index (κ1) is 15.8. The number of hydrogen-bond acceptors (Lipinski definition) is 5. The number of carbonyl (C=O) groups is 1. The summed E-state index contributed by atoms with van der Waals surface area (Å²) in [6.07, 6.45) is 2.26. The number of nitrogens with one attached hydrogen (secondary N) is 2. The van der Waals surface area contributed by atoms with Crippen LogP contribution in [-0.4, -0.2) is 22.2 Å². The van der Waals surface area contributed by atoms with Crippen LogP contribution in [0.2, 0.25) is 0 Å². The van der Waals surface area contributed by atoms with Gasteiger partial charge in [-0.15, -0.1) is 0 Å². The third-order valence-electron chi connectivity index (χ3n) is 3.39. The highest BCUT2D eigenvalue weighted by Crippen LogP contribution is 2.18. The number of anilines is 1. The van der Waals surface area contributed by atoms with E-state index >= 15 is 0 Å². The lowest BCUT2D eigenvalue weighted by Crippen LogP contribution is -2.37. The summed E-state index contributed by atoms with van der Waals surface area (Å²) in [6, 6.07) is 10.6. The third-order valence-corrected chi connectivity index (χ3v) is 3.39. The molecule has 0 saturated heterocycles. The van der Waals surface area contributed by atoms with E-state index in [1.54, 1.807) is 25.3 Å². The number of carbonyl (C=O) groups excluding carboxylic acids is 1. The minimum absolute atomic E-state index is 0.0438. The summed E-state index contributed by atoms with van der Waals surface area (Å²) in [7, 11) is 0. The molecule has 3 rings (SSSR count). The minimum atomic E-state index is -0.266. The quantitative estimate of drug-likeness (QED) is 0.749. The van der Waals surface area contributed by atoms with Crippen LogP contribution in [0.1, 0.15) is 18.6 Å². The van der Waals surface area contributed by atoms with E-state index in [2.05, 4.69) is 20.8 Å². The lowest BCUT2D eigenvalue weighted by atomic mass is 10.2. The molecule has 1 atom stereocenters. The monoisotopic (exact) mass is 326 g/mol. The van der Waals surface area contributed by atoms with E-state index in [4.69, 9.17) is 8.94 Å². The van der Waals surface area contributed by atoms with Crippen molar-refractivity contribution in [2.75, 3.05) is 5.32 Å². The molecule has 2 heterocycles. The van der Waals surface area contributed by atoms with Crippen molar-refractivity contribution in [2.45, 2.75) is 26.3 Å². The molecule has 0 radical (unpaired) electrons. The van der Waals surface area contributed by atoms with E-state index < -0.39 is 0 Å². The van der Waals surface area contributed by atoms with Gasteiger partial charge in [0, 0.05) is 30.6 Å². The molecule has 7 heteroatoms. The van der Waals surface area contributed by atoms with Gasteiger partial charge in [0.1, 0.15) is 5.76 Å². The summed E-state index contributed by atoms with van der Waals surface area (Å²) >= 11 is 0. The largest absolute Gasteiger partial charge is 0.469 e. The van der Waals surface area contributed by atoms with Crippen molar-refractivity contribution in [2.24, 2.45) is 0 Å². The molecule has 0 spiro atoms. The van der Waals surface area contributed by atoms with Gasteiger partial charge in [0.15, 0.2) is 0 Å². The van der Waals surface area contributed by atoms with E-state index in [0.29, 0.717) is 23.8 Å². The topological polar surface area (TPSA) is 93.2 Å². The van der Waals surface area contributed by atoms with E-state index in [1.807, 2.05) is 31.2 Å². The molecule has 0 bridgehead atoms. The third kappa shape index (κ3) is 4.01. The highest BCUT2D eigenvalue weighted by Gasteiger charge is 2.10. The Balaban J connectivity index is 1.54. The van der Waals surface area contributed by atoms with Crippen LogP contribution in [-0.2, 0) is 6.42 Å². The maximum Gasteiger partial charge on any atom is 0.319 e. The fraction of sp³-hybridized carbons (Fsp3) is 0.235. The zero-order valence-corrected chi connectivity index (χ0v) is 13.4. The number of urea groups is 1. The van der Waals surface area contributed by atoms with Crippen molar-refractivity contribution < 1.29 is 13.7 Å². The van der Waals surface area contributed by atoms with Gasteiger partial charge in [-0.1, -0.05) is 5.16 Å². The summed E-state index contributed by atoms with van der Waals surface area (Å²) in [5, 5.41) is 9.51. The van der Waals surface area contributed by atoms with Gasteiger partial charge in [-0.3, -0.25) is 0 Å². The number of aromatic nitrogens is 2. The Morgan fingerprint density at radius 3 is 2.67 bits per heavy atom. The smallest absolute Gasteiger partial charge is 0.319 e. The summed E-state index contributed by atoms with van der Waals surface area (Å²) in [4.78, 5) is 16.2. The molecule has 1 aromatic carbocycles. The Morgan fingerprint density at radius 1 is 1.25 bits per heavy atom. The second-order valence-corrected chi connectivity index (χ2v) is 5.50. The number of furan rings is 1. The zero-order valence-electron chi connectivity index (χ0n) is 13.4. The first-order valence-electron chi connectivity index (χ1n) is 7.61. The maximum absolute atomic E-state index is 12.0. The molecular formula is C17H18N4O3. The van der Waals surface area contributed by atoms with Crippen LogP contribution in [0.25, 0.3) is 11.4 Å². The van der Waals surface area contributed by atoms with Crippen molar-refractivity contribution in [3.05, 3.63) is 54.3 Å². The normalized spacial score (nSPS) is 11.9. The molecule has 7 nitrogen and oxygen atoms in total. The van der Waals surface area contributed by atoms with Crippen molar-refractivity contribution in [1.29, 1.82) is 0 Å². The van der Waals surface area contributed by atoms with Crippen molar-refractivity contribution in [3.63, 3.8) is 0 Å². The molecule has 2 N–H and O–H groups in total. The summed E-state index contributed by atoms with van der Waals surface area (Å²) in [5.74, 6) is 1.87. The number of hydrogen-bond donors (Lipinski definition) is 2. The van der Waals surface area contributed by atoms with Gasteiger partial charge < -0.3 is 19.6 Å². The average Bonchev–Trinajstić information content (AvgIpc) is 3.19. The Morgan fingerprint density at radius 2 is 2.04 bits per heavy atom. The van der Waals surface area contributed by atoms with Crippen molar-refractivity contribution >= 4 is 11.7 Å². The van der Waals surface area contributed by atoms with Gasteiger partial charge in [-0.25, -0.2) is 4.79 Å². The first-order valence-corrected chi connectivity index (χ1v) is 7.61. The number of rotatable bonds is 5. The van der Waals surface area contributed by atoms with E-state index in [-0.39, 0.29) is 12.1 Å². The molecule has 0 saturated carbocycles. The predicted molar refractivity (Wildman–Crippen MR) is 88.5 cm³/mol. The number of aryl methyl sites for hydroxylation is 1. The molecule has 1 unspecified atom stereocenters. The van der Waals surface area contributed by atoms with Crippen LogP contribution < -0.4 is 10.6 Å². The highest BCUT2D eigenvalue weighted by molar-refractivity contribution is 5.89. The highest BCUT2D eigenvalue weighted by atomic mass is 16.5. The molecule has 0 aliphatic carbocycles. The van der Waals surface area contributed by atoms with Gasteiger partial charge in [0.05, 0.1) is 6.26 Å². The Labute approximate surface area is 139 Å². The molecular weight excluding hydrogens is 308 g/mol. The van der Waals surface area contributed by atoms with E-state index in [1.165, 1.54) is 0 Å². The lowest BCUT2D eigenvalue weighted by molar-refractivity contribution is 0.248. The molecule has 24 heavy (non-hydrogen) atoms.